The second kappa shape index (κ2) is 3.98. The third kappa shape index (κ3) is 2.33. The van der Waals surface area contributed by atoms with Gasteiger partial charge in [-0.3, -0.25) is 0 Å². The Balaban J connectivity index is 3.32. The molecule has 0 aliphatic carbocycles. The fourth-order valence-corrected chi connectivity index (χ4v) is 1.32. The van der Waals surface area contributed by atoms with Crippen LogP contribution in [-0.2, 0) is 5.54 Å². The molecule has 1 aromatic rings. The van der Waals surface area contributed by atoms with E-state index in [2.05, 4.69) is 0 Å². The van der Waals surface area contributed by atoms with Gasteiger partial charge in [0.15, 0.2) is 11.5 Å². The maximum absolute atomic E-state index is 9.71. The van der Waals surface area contributed by atoms with Gasteiger partial charge in [0, 0.05) is 5.54 Å². The average Bonchev–Trinajstić information content (AvgIpc) is 2.15. The molecule has 1 rings (SSSR count). The minimum Gasteiger partial charge on any atom is -0.504 e. The van der Waals surface area contributed by atoms with Gasteiger partial charge >= 0.3 is 0 Å². The van der Waals surface area contributed by atoms with Crippen LogP contribution in [-0.4, -0.2) is 19.3 Å². The Morgan fingerprint density at radius 1 is 1.20 bits per heavy atom. The number of ether oxygens (including phenoxy) is 2. The summed E-state index contributed by atoms with van der Waals surface area (Å²) in [6, 6.07) is 3.35. The summed E-state index contributed by atoms with van der Waals surface area (Å²) in [5, 5.41) is 9.71. The molecule has 0 radical (unpaired) electrons. The molecule has 0 fully saturated rings. The molecule has 0 heterocycles. The van der Waals surface area contributed by atoms with E-state index in [9.17, 15) is 5.11 Å². The molecule has 0 aliphatic heterocycles. The first-order valence-corrected chi connectivity index (χ1v) is 4.64. The second-order valence-corrected chi connectivity index (χ2v) is 3.95. The van der Waals surface area contributed by atoms with Crippen LogP contribution in [0.3, 0.4) is 0 Å². The van der Waals surface area contributed by atoms with Gasteiger partial charge in [0.1, 0.15) is 0 Å². The molecule has 0 spiro atoms. The zero-order valence-electron chi connectivity index (χ0n) is 9.50. The van der Waals surface area contributed by atoms with E-state index >= 15 is 0 Å². The summed E-state index contributed by atoms with van der Waals surface area (Å²) >= 11 is 0. The van der Waals surface area contributed by atoms with Crippen LogP contribution in [0.5, 0.6) is 17.2 Å². The molecule has 0 saturated carbocycles. The molecule has 0 atom stereocenters. The van der Waals surface area contributed by atoms with Crippen molar-refractivity contribution in [1.82, 2.24) is 0 Å². The summed E-state index contributed by atoms with van der Waals surface area (Å²) in [6.07, 6.45) is 0. The molecule has 0 bridgehead atoms. The van der Waals surface area contributed by atoms with Crippen molar-refractivity contribution in [3.8, 4) is 17.2 Å². The highest BCUT2D eigenvalue weighted by molar-refractivity contribution is 5.54. The van der Waals surface area contributed by atoms with Crippen LogP contribution in [0.1, 0.15) is 19.4 Å². The van der Waals surface area contributed by atoms with Gasteiger partial charge in [-0.25, -0.2) is 0 Å². The number of rotatable bonds is 3. The number of benzene rings is 1. The lowest BCUT2D eigenvalue weighted by atomic mass is 9.95. The smallest absolute Gasteiger partial charge is 0.203 e. The van der Waals surface area contributed by atoms with Crippen molar-refractivity contribution in [2.45, 2.75) is 19.4 Å². The fraction of sp³-hybridized carbons (Fsp3) is 0.455. The summed E-state index contributed by atoms with van der Waals surface area (Å²) in [5.41, 5.74) is 6.19. The van der Waals surface area contributed by atoms with Gasteiger partial charge in [-0.05, 0) is 31.5 Å². The van der Waals surface area contributed by atoms with Crippen LogP contribution in [0.25, 0.3) is 0 Å². The zero-order chi connectivity index (χ0) is 11.6. The van der Waals surface area contributed by atoms with E-state index in [4.69, 9.17) is 15.2 Å². The van der Waals surface area contributed by atoms with E-state index in [0.717, 1.165) is 5.56 Å². The predicted octanol–water partition coefficient (Wildman–Crippen LogP) is 1.60. The lowest BCUT2D eigenvalue weighted by molar-refractivity contribution is 0.331. The number of phenolic OH excluding ortho intramolecular Hbond substituents is 1. The molecule has 0 aliphatic rings. The van der Waals surface area contributed by atoms with Gasteiger partial charge in [-0.15, -0.1) is 0 Å². The fourth-order valence-electron chi connectivity index (χ4n) is 1.32. The van der Waals surface area contributed by atoms with Gasteiger partial charge in [0.25, 0.3) is 0 Å². The van der Waals surface area contributed by atoms with Crippen molar-refractivity contribution in [2.24, 2.45) is 5.73 Å². The Bertz CT molecular complexity index is 356. The molecule has 1 aromatic carbocycles. The number of phenols is 1. The van der Waals surface area contributed by atoms with Crippen molar-refractivity contribution >= 4 is 0 Å². The van der Waals surface area contributed by atoms with Crippen LogP contribution < -0.4 is 15.2 Å². The number of nitrogens with two attached hydrogens (primary N) is 1. The summed E-state index contributed by atoms with van der Waals surface area (Å²) in [7, 11) is 3.00. The molecule has 0 amide bonds. The van der Waals surface area contributed by atoms with E-state index < -0.39 is 5.54 Å². The Hall–Kier alpha value is -1.42. The molecule has 0 unspecified atom stereocenters. The topological polar surface area (TPSA) is 64.7 Å². The lowest BCUT2D eigenvalue weighted by Gasteiger charge is -2.21. The normalized spacial score (nSPS) is 11.3. The average molecular weight is 211 g/mol. The number of hydrogen-bond acceptors (Lipinski definition) is 4. The standard InChI is InChI=1S/C11H17NO3/c1-11(2,12)7-5-8(13)10(15-4)9(6-7)14-3/h5-6,13H,12H2,1-4H3. The molecule has 4 heteroatoms. The Morgan fingerprint density at radius 2 is 1.80 bits per heavy atom. The quantitative estimate of drug-likeness (QED) is 0.797. The van der Waals surface area contributed by atoms with Gasteiger partial charge in [0.05, 0.1) is 14.2 Å². The lowest BCUT2D eigenvalue weighted by Crippen LogP contribution is -2.28. The van der Waals surface area contributed by atoms with Crippen molar-refractivity contribution in [3.05, 3.63) is 17.7 Å². The van der Waals surface area contributed by atoms with Crippen molar-refractivity contribution in [3.63, 3.8) is 0 Å². The Morgan fingerprint density at radius 3 is 2.20 bits per heavy atom. The largest absolute Gasteiger partial charge is 0.504 e. The van der Waals surface area contributed by atoms with Crippen LogP contribution in [0.4, 0.5) is 0 Å². The third-order valence-corrected chi connectivity index (χ3v) is 2.20. The summed E-state index contributed by atoms with van der Waals surface area (Å²) < 4.78 is 10.1. The van der Waals surface area contributed by atoms with E-state index in [1.165, 1.54) is 14.2 Å². The Labute approximate surface area is 89.6 Å². The van der Waals surface area contributed by atoms with E-state index in [1.807, 2.05) is 13.8 Å². The molecule has 3 N–H and O–H groups in total. The van der Waals surface area contributed by atoms with E-state index in [1.54, 1.807) is 12.1 Å². The van der Waals surface area contributed by atoms with Crippen LogP contribution >= 0.6 is 0 Å². The predicted molar refractivity (Wildman–Crippen MR) is 58.4 cm³/mol. The van der Waals surface area contributed by atoms with Gasteiger partial charge in [0.2, 0.25) is 5.75 Å². The highest BCUT2D eigenvalue weighted by Crippen LogP contribution is 2.39. The van der Waals surface area contributed by atoms with Gasteiger partial charge < -0.3 is 20.3 Å². The zero-order valence-corrected chi connectivity index (χ0v) is 9.50. The molecule has 0 saturated heterocycles. The van der Waals surface area contributed by atoms with E-state index in [0.29, 0.717) is 11.5 Å². The first-order valence-electron chi connectivity index (χ1n) is 4.64. The van der Waals surface area contributed by atoms with Crippen molar-refractivity contribution in [2.75, 3.05) is 14.2 Å². The highest BCUT2D eigenvalue weighted by Gasteiger charge is 2.19. The van der Waals surface area contributed by atoms with Crippen LogP contribution in [0.2, 0.25) is 0 Å². The molecule has 0 aromatic heterocycles. The monoisotopic (exact) mass is 211 g/mol. The van der Waals surface area contributed by atoms with Crippen molar-refractivity contribution < 1.29 is 14.6 Å². The summed E-state index contributed by atoms with van der Waals surface area (Å²) in [6.45, 7) is 3.71. The SMILES string of the molecule is COc1cc(C(C)(C)N)cc(O)c1OC. The van der Waals surface area contributed by atoms with Crippen LogP contribution in [0.15, 0.2) is 12.1 Å². The maximum Gasteiger partial charge on any atom is 0.203 e. The molecule has 15 heavy (non-hydrogen) atoms. The van der Waals surface area contributed by atoms with Crippen molar-refractivity contribution in [1.29, 1.82) is 0 Å². The number of methoxy groups -OCH3 is 2. The minimum atomic E-state index is -0.531. The van der Waals surface area contributed by atoms with E-state index in [-0.39, 0.29) is 5.75 Å². The first kappa shape index (κ1) is 11.7. The maximum atomic E-state index is 9.71. The molecule has 4 nitrogen and oxygen atoms in total. The molecule has 84 valence electrons. The number of aromatic hydroxyl groups is 1. The minimum absolute atomic E-state index is 0.0328. The third-order valence-electron chi connectivity index (χ3n) is 2.20. The highest BCUT2D eigenvalue weighted by atomic mass is 16.5. The Kier molecular flexibility index (Phi) is 3.09. The van der Waals surface area contributed by atoms with Crippen LogP contribution in [0, 0.1) is 0 Å². The number of hydrogen-bond donors (Lipinski definition) is 2. The summed E-state index contributed by atoms with van der Waals surface area (Å²) in [4.78, 5) is 0. The molecular formula is C11H17NO3. The molecular weight excluding hydrogens is 194 g/mol. The summed E-state index contributed by atoms with van der Waals surface area (Å²) in [5.74, 6) is 0.835. The second-order valence-electron chi connectivity index (χ2n) is 3.95. The van der Waals surface area contributed by atoms with Gasteiger partial charge in [-0.2, -0.15) is 0 Å². The first-order chi connectivity index (χ1) is 6.90. The van der Waals surface area contributed by atoms with Gasteiger partial charge in [-0.1, -0.05) is 0 Å².